The molecule has 1 unspecified atom stereocenters. The van der Waals surface area contributed by atoms with Crippen LogP contribution in [0.3, 0.4) is 0 Å². The summed E-state index contributed by atoms with van der Waals surface area (Å²) in [6, 6.07) is 0. The third-order valence-corrected chi connectivity index (χ3v) is 1.84. The SMILES string of the molecule is CCCOC(=O)CC(C)C(=O)CC. The fourth-order valence-corrected chi connectivity index (χ4v) is 0.987. The molecule has 0 N–H and O–H groups in total. The van der Waals surface area contributed by atoms with Crippen LogP contribution in [0.5, 0.6) is 0 Å². The van der Waals surface area contributed by atoms with E-state index in [9.17, 15) is 9.59 Å². The number of hydrogen-bond donors (Lipinski definition) is 0. The Bertz CT molecular complexity index is 175. The number of carbonyl (C=O) groups is 2. The lowest BCUT2D eigenvalue weighted by Gasteiger charge is -2.08. The molecule has 0 saturated carbocycles. The van der Waals surface area contributed by atoms with E-state index >= 15 is 0 Å². The summed E-state index contributed by atoms with van der Waals surface area (Å²) in [5.41, 5.74) is 0. The molecule has 0 aromatic rings. The minimum atomic E-state index is -0.267. The standard InChI is InChI=1S/C10H18O3/c1-4-6-13-10(12)7-8(3)9(11)5-2/h8H,4-7H2,1-3H3. The molecule has 0 aliphatic carbocycles. The van der Waals surface area contributed by atoms with E-state index in [1.54, 1.807) is 13.8 Å². The van der Waals surface area contributed by atoms with Gasteiger partial charge in [-0.25, -0.2) is 0 Å². The average molecular weight is 186 g/mol. The molecule has 0 heterocycles. The van der Waals surface area contributed by atoms with Crippen LogP contribution in [0.2, 0.25) is 0 Å². The third kappa shape index (κ3) is 5.39. The highest BCUT2D eigenvalue weighted by atomic mass is 16.5. The van der Waals surface area contributed by atoms with Gasteiger partial charge in [0, 0.05) is 12.3 Å². The van der Waals surface area contributed by atoms with E-state index in [4.69, 9.17) is 4.74 Å². The van der Waals surface area contributed by atoms with Gasteiger partial charge in [-0.15, -0.1) is 0 Å². The van der Waals surface area contributed by atoms with Crippen LogP contribution in [-0.2, 0) is 14.3 Å². The zero-order valence-electron chi connectivity index (χ0n) is 8.63. The summed E-state index contributed by atoms with van der Waals surface area (Å²) in [6.45, 7) is 5.95. The van der Waals surface area contributed by atoms with Gasteiger partial charge in [-0.05, 0) is 6.42 Å². The van der Waals surface area contributed by atoms with Crippen molar-refractivity contribution in [2.24, 2.45) is 5.92 Å². The smallest absolute Gasteiger partial charge is 0.306 e. The van der Waals surface area contributed by atoms with Crippen molar-refractivity contribution in [3.05, 3.63) is 0 Å². The van der Waals surface area contributed by atoms with Crippen molar-refractivity contribution in [3.8, 4) is 0 Å². The first-order valence-electron chi connectivity index (χ1n) is 4.80. The third-order valence-electron chi connectivity index (χ3n) is 1.84. The van der Waals surface area contributed by atoms with E-state index in [0.29, 0.717) is 13.0 Å². The van der Waals surface area contributed by atoms with Crippen molar-refractivity contribution in [2.45, 2.75) is 40.0 Å². The molecule has 0 aromatic heterocycles. The lowest BCUT2D eigenvalue weighted by molar-refractivity contribution is -0.146. The minimum absolute atomic E-state index is 0.119. The van der Waals surface area contributed by atoms with Crippen molar-refractivity contribution in [3.63, 3.8) is 0 Å². The van der Waals surface area contributed by atoms with E-state index in [-0.39, 0.29) is 24.1 Å². The summed E-state index contributed by atoms with van der Waals surface area (Å²) in [5, 5.41) is 0. The normalized spacial score (nSPS) is 12.2. The monoisotopic (exact) mass is 186 g/mol. The summed E-state index contributed by atoms with van der Waals surface area (Å²) < 4.78 is 4.87. The van der Waals surface area contributed by atoms with Gasteiger partial charge < -0.3 is 4.74 Å². The molecular weight excluding hydrogens is 168 g/mol. The quantitative estimate of drug-likeness (QED) is 0.595. The van der Waals surface area contributed by atoms with Gasteiger partial charge in [0.05, 0.1) is 13.0 Å². The molecule has 13 heavy (non-hydrogen) atoms. The van der Waals surface area contributed by atoms with Crippen LogP contribution < -0.4 is 0 Å². The first-order chi connectivity index (χ1) is 6.11. The Morgan fingerprint density at radius 2 is 1.92 bits per heavy atom. The van der Waals surface area contributed by atoms with Crippen LogP contribution in [0, 0.1) is 5.92 Å². The highest BCUT2D eigenvalue weighted by molar-refractivity contribution is 5.84. The second kappa shape index (κ2) is 6.63. The number of Topliss-reactive ketones (excluding diaryl/α,β-unsaturated/α-hetero) is 1. The molecule has 0 spiro atoms. The maximum absolute atomic E-state index is 11.1. The van der Waals surface area contributed by atoms with Crippen molar-refractivity contribution < 1.29 is 14.3 Å². The molecule has 3 nitrogen and oxygen atoms in total. The second-order valence-electron chi connectivity index (χ2n) is 3.15. The minimum Gasteiger partial charge on any atom is -0.466 e. The van der Waals surface area contributed by atoms with Crippen molar-refractivity contribution in [1.29, 1.82) is 0 Å². The Labute approximate surface area is 79.5 Å². The summed E-state index contributed by atoms with van der Waals surface area (Å²) >= 11 is 0. The average Bonchev–Trinajstić information content (AvgIpc) is 2.13. The molecule has 1 atom stereocenters. The van der Waals surface area contributed by atoms with E-state index < -0.39 is 0 Å². The first-order valence-corrected chi connectivity index (χ1v) is 4.80. The molecule has 0 radical (unpaired) electrons. The molecule has 3 heteroatoms. The number of hydrogen-bond acceptors (Lipinski definition) is 3. The fraction of sp³-hybridized carbons (Fsp3) is 0.800. The number of ether oxygens (including phenoxy) is 1. The zero-order valence-corrected chi connectivity index (χ0v) is 8.63. The molecular formula is C10H18O3. The Balaban J connectivity index is 3.71. The first kappa shape index (κ1) is 12.1. The van der Waals surface area contributed by atoms with Crippen LogP contribution in [0.4, 0.5) is 0 Å². The molecule has 0 bridgehead atoms. The summed E-state index contributed by atoms with van der Waals surface area (Å²) in [7, 11) is 0. The molecule has 0 rings (SSSR count). The molecule has 0 aliphatic rings. The molecule has 0 saturated heterocycles. The second-order valence-corrected chi connectivity index (χ2v) is 3.15. The number of ketones is 1. The van der Waals surface area contributed by atoms with Gasteiger partial charge in [-0.2, -0.15) is 0 Å². The summed E-state index contributed by atoms with van der Waals surface area (Å²) in [6.07, 6.45) is 1.52. The molecule has 0 amide bonds. The number of rotatable bonds is 6. The maximum atomic E-state index is 11.1. The topological polar surface area (TPSA) is 43.4 Å². The van der Waals surface area contributed by atoms with Gasteiger partial charge >= 0.3 is 5.97 Å². The lowest BCUT2D eigenvalue weighted by Crippen LogP contribution is -2.16. The Morgan fingerprint density at radius 1 is 1.31 bits per heavy atom. The van der Waals surface area contributed by atoms with Gasteiger partial charge in [0.25, 0.3) is 0 Å². The number of esters is 1. The van der Waals surface area contributed by atoms with E-state index in [1.165, 1.54) is 0 Å². The van der Waals surface area contributed by atoms with Gasteiger partial charge in [0.2, 0.25) is 0 Å². The van der Waals surface area contributed by atoms with Crippen molar-refractivity contribution >= 4 is 11.8 Å². The summed E-state index contributed by atoms with van der Waals surface area (Å²) in [4.78, 5) is 22.2. The predicted molar refractivity (Wildman–Crippen MR) is 50.3 cm³/mol. The summed E-state index contributed by atoms with van der Waals surface area (Å²) in [5.74, 6) is -0.348. The van der Waals surface area contributed by atoms with Crippen LogP contribution in [-0.4, -0.2) is 18.4 Å². The molecule has 0 fully saturated rings. The molecule has 0 aromatic carbocycles. The van der Waals surface area contributed by atoms with Crippen LogP contribution in [0.1, 0.15) is 40.0 Å². The zero-order chi connectivity index (χ0) is 10.3. The fourth-order valence-electron chi connectivity index (χ4n) is 0.987. The van der Waals surface area contributed by atoms with Gasteiger partial charge in [0.1, 0.15) is 5.78 Å². The highest BCUT2D eigenvalue weighted by Crippen LogP contribution is 2.07. The predicted octanol–water partition coefficient (Wildman–Crippen LogP) is 1.94. The van der Waals surface area contributed by atoms with E-state index in [1.807, 2.05) is 6.92 Å². The van der Waals surface area contributed by atoms with Gasteiger partial charge in [0.15, 0.2) is 0 Å². The van der Waals surface area contributed by atoms with Crippen molar-refractivity contribution in [1.82, 2.24) is 0 Å². The highest BCUT2D eigenvalue weighted by Gasteiger charge is 2.15. The maximum Gasteiger partial charge on any atom is 0.306 e. The Morgan fingerprint density at radius 3 is 2.38 bits per heavy atom. The lowest BCUT2D eigenvalue weighted by atomic mass is 10.0. The van der Waals surface area contributed by atoms with Crippen LogP contribution in [0.25, 0.3) is 0 Å². The van der Waals surface area contributed by atoms with Gasteiger partial charge in [-0.3, -0.25) is 9.59 Å². The number of carbonyl (C=O) groups excluding carboxylic acids is 2. The molecule has 0 aliphatic heterocycles. The van der Waals surface area contributed by atoms with E-state index in [2.05, 4.69) is 0 Å². The van der Waals surface area contributed by atoms with E-state index in [0.717, 1.165) is 6.42 Å². The van der Waals surface area contributed by atoms with Gasteiger partial charge in [-0.1, -0.05) is 20.8 Å². The van der Waals surface area contributed by atoms with Crippen LogP contribution >= 0.6 is 0 Å². The van der Waals surface area contributed by atoms with Crippen LogP contribution in [0.15, 0.2) is 0 Å². The Kier molecular flexibility index (Phi) is 6.20. The Hall–Kier alpha value is -0.860. The largest absolute Gasteiger partial charge is 0.466 e. The molecule has 76 valence electrons. The van der Waals surface area contributed by atoms with Crippen molar-refractivity contribution in [2.75, 3.05) is 6.61 Å².